The van der Waals surface area contributed by atoms with Crippen LogP contribution in [0.3, 0.4) is 0 Å². The summed E-state index contributed by atoms with van der Waals surface area (Å²) in [6.45, 7) is -2.84. The summed E-state index contributed by atoms with van der Waals surface area (Å²) < 4.78 is 28.2. The third-order valence-corrected chi connectivity index (χ3v) is 2.31. The molecule has 2 rings (SSSR count). The van der Waals surface area contributed by atoms with Crippen LogP contribution in [0.15, 0.2) is 36.4 Å². The maximum atomic E-state index is 12.0. The van der Waals surface area contributed by atoms with E-state index in [1.165, 1.54) is 12.1 Å². The smallest absolute Gasteiger partial charge is 0.387 e. The number of hydrogen-bond acceptors (Lipinski definition) is 5. The molecule has 1 heterocycles. The second kappa shape index (κ2) is 5.38. The molecule has 0 atom stereocenters. The van der Waals surface area contributed by atoms with Gasteiger partial charge in [0.25, 0.3) is 0 Å². The highest BCUT2D eigenvalue weighted by atomic mass is 19.3. The van der Waals surface area contributed by atoms with E-state index >= 15 is 0 Å². The summed E-state index contributed by atoms with van der Waals surface area (Å²) >= 11 is 0. The Morgan fingerprint density at radius 3 is 2.32 bits per heavy atom. The van der Waals surface area contributed by atoms with Crippen molar-refractivity contribution in [1.29, 1.82) is 0 Å². The van der Waals surface area contributed by atoms with Crippen LogP contribution in [-0.2, 0) is 0 Å². The van der Waals surface area contributed by atoms with Crippen molar-refractivity contribution in [3.63, 3.8) is 0 Å². The number of pyridine rings is 1. The zero-order valence-electron chi connectivity index (χ0n) is 9.81. The molecule has 0 spiro atoms. The number of hydrogen-bond donors (Lipinski definition) is 3. The number of nitrogen functional groups attached to an aromatic ring is 2. The number of benzene rings is 1. The number of nitrogens with one attached hydrogen (secondary N) is 1. The number of rotatable bonds is 4. The average Bonchev–Trinajstić information content (AvgIpc) is 2.36. The quantitative estimate of drug-likeness (QED) is 0.791. The molecule has 1 aromatic heterocycles. The second-order valence-corrected chi connectivity index (χ2v) is 3.70. The van der Waals surface area contributed by atoms with Crippen molar-refractivity contribution in [2.24, 2.45) is 0 Å². The van der Waals surface area contributed by atoms with Gasteiger partial charge in [0.1, 0.15) is 17.4 Å². The highest BCUT2D eigenvalue weighted by Gasteiger charge is 2.04. The van der Waals surface area contributed by atoms with E-state index < -0.39 is 6.61 Å². The van der Waals surface area contributed by atoms with E-state index in [1.54, 1.807) is 24.3 Å². The molecule has 0 radical (unpaired) electrons. The van der Waals surface area contributed by atoms with Crippen LogP contribution in [0, 0.1) is 0 Å². The van der Waals surface area contributed by atoms with E-state index in [0.29, 0.717) is 17.2 Å². The van der Waals surface area contributed by atoms with E-state index in [-0.39, 0.29) is 11.6 Å². The molecule has 0 aliphatic carbocycles. The fourth-order valence-electron chi connectivity index (χ4n) is 1.42. The standard InChI is InChI=1S/C12H12F2N4O/c13-12(14)19-8-3-1-7(2-4-8)17-10-6-5-9(15)11(16)18-10/h1-6,12H,15H2,(H3,16,17,18). The first kappa shape index (κ1) is 12.9. The lowest BCUT2D eigenvalue weighted by Crippen LogP contribution is -2.02. The van der Waals surface area contributed by atoms with Gasteiger partial charge in [0.2, 0.25) is 0 Å². The van der Waals surface area contributed by atoms with Crippen LogP contribution in [0.2, 0.25) is 0 Å². The van der Waals surface area contributed by atoms with E-state index in [1.807, 2.05) is 0 Å². The Bertz CT molecular complexity index is 560. The summed E-state index contributed by atoms with van der Waals surface area (Å²) in [6.07, 6.45) is 0. The highest BCUT2D eigenvalue weighted by Crippen LogP contribution is 2.22. The summed E-state index contributed by atoms with van der Waals surface area (Å²) in [4.78, 5) is 4.03. The zero-order chi connectivity index (χ0) is 13.8. The summed E-state index contributed by atoms with van der Waals surface area (Å²) in [6, 6.07) is 9.32. The van der Waals surface area contributed by atoms with Gasteiger partial charge >= 0.3 is 6.61 Å². The summed E-state index contributed by atoms with van der Waals surface area (Å²) in [5.74, 6) is 0.821. The van der Waals surface area contributed by atoms with Gasteiger partial charge in [-0.3, -0.25) is 0 Å². The monoisotopic (exact) mass is 266 g/mol. The number of ether oxygens (including phenoxy) is 1. The molecule has 0 fully saturated rings. The third kappa shape index (κ3) is 3.44. The highest BCUT2D eigenvalue weighted by molar-refractivity contribution is 5.65. The van der Waals surface area contributed by atoms with Crippen LogP contribution in [0.1, 0.15) is 0 Å². The van der Waals surface area contributed by atoms with Gasteiger partial charge in [-0.2, -0.15) is 8.78 Å². The van der Waals surface area contributed by atoms with Crippen LogP contribution in [-0.4, -0.2) is 11.6 Å². The summed E-state index contributed by atoms with van der Waals surface area (Å²) in [7, 11) is 0. The molecular weight excluding hydrogens is 254 g/mol. The molecule has 5 N–H and O–H groups in total. The SMILES string of the molecule is Nc1ccc(Nc2ccc(OC(F)F)cc2)nc1N. The Kier molecular flexibility index (Phi) is 3.65. The lowest BCUT2D eigenvalue weighted by molar-refractivity contribution is -0.0498. The van der Waals surface area contributed by atoms with Crippen molar-refractivity contribution >= 4 is 23.0 Å². The first-order valence-electron chi connectivity index (χ1n) is 5.38. The fourth-order valence-corrected chi connectivity index (χ4v) is 1.42. The molecule has 7 heteroatoms. The maximum absolute atomic E-state index is 12.0. The maximum Gasteiger partial charge on any atom is 0.387 e. The molecule has 100 valence electrons. The predicted octanol–water partition coefficient (Wildman–Crippen LogP) is 2.59. The minimum Gasteiger partial charge on any atom is -0.435 e. The van der Waals surface area contributed by atoms with Crippen LogP contribution >= 0.6 is 0 Å². The fraction of sp³-hybridized carbons (Fsp3) is 0.0833. The van der Waals surface area contributed by atoms with Crippen LogP contribution < -0.4 is 21.5 Å². The van der Waals surface area contributed by atoms with E-state index in [9.17, 15) is 8.78 Å². The van der Waals surface area contributed by atoms with Gasteiger partial charge < -0.3 is 21.5 Å². The number of nitrogens with two attached hydrogens (primary N) is 2. The molecule has 0 unspecified atom stereocenters. The average molecular weight is 266 g/mol. The lowest BCUT2D eigenvalue weighted by atomic mass is 10.3. The number of halogens is 2. The summed E-state index contributed by atoms with van der Waals surface area (Å²) in [5, 5.41) is 2.96. The van der Waals surface area contributed by atoms with E-state index in [2.05, 4.69) is 15.0 Å². The van der Waals surface area contributed by atoms with Gasteiger partial charge in [0.05, 0.1) is 5.69 Å². The van der Waals surface area contributed by atoms with Gasteiger partial charge in [-0.05, 0) is 36.4 Å². The van der Waals surface area contributed by atoms with Gasteiger partial charge in [-0.15, -0.1) is 0 Å². The Hall–Kier alpha value is -2.57. The van der Waals surface area contributed by atoms with E-state index in [0.717, 1.165) is 0 Å². The number of aromatic nitrogens is 1. The van der Waals surface area contributed by atoms with Crippen LogP contribution in [0.5, 0.6) is 5.75 Å². The Morgan fingerprint density at radius 2 is 1.74 bits per heavy atom. The number of alkyl halides is 2. The minimum atomic E-state index is -2.84. The van der Waals surface area contributed by atoms with Crippen molar-refractivity contribution in [1.82, 2.24) is 4.98 Å². The third-order valence-electron chi connectivity index (χ3n) is 2.31. The van der Waals surface area contributed by atoms with Crippen LogP contribution in [0.4, 0.5) is 31.8 Å². The minimum absolute atomic E-state index is 0.0883. The first-order valence-corrected chi connectivity index (χ1v) is 5.38. The summed E-state index contributed by atoms with van der Waals surface area (Å²) in [5.41, 5.74) is 12.2. The molecule has 0 saturated heterocycles. The molecule has 0 aliphatic heterocycles. The normalized spacial score (nSPS) is 10.5. The molecule has 0 saturated carbocycles. The molecule has 2 aromatic rings. The Labute approximate surface area is 108 Å². The zero-order valence-corrected chi connectivity index (χ0v) is 9.81. The first-order chi connectivity index (χ1) is 9.04. The number of nitrogens with zero attached hydrogens (tertiary/aromatic N) is 1. The van der Waals surface area contributed by atoms with Crippen molar-refractivity contribution in [3.8, 4) is 5.75 Å². The molecule has 5 nitrogen and oxygen atoms in total. The van der Waals surface area contributed by atoms with Crippen molar-refractivity contribution in [2.75, 3.05) is 16.8 Å². The van der Waals surface area contributed by atoms with Crippen molar-refractivity contribution in [3.05, 3.63) is 36.4 Å². The topological polar surface area (TPSA) is 86.2 Å². The van der Waals surface area contributed by atoms with Gasteiger partial charge in [0.15, 0.2) is 0 Å². The Balaban J connectivity index is 2.08. The van der Waals surface area contributed by atoms with Gasteiger partial charge in [-0.25, -0.2) is 4.98 Å². The molecule has 0 aliphatic rings. The lowest BCUT2D eigenvalue weighted by Gasteiger charge is -2.08. The Morgan fingerprint density at radius 1 is 1.05 bits per heavy atom. The van der Waals surface area contributed by atoms with Crippen LogP contribution in [0.25, 0.3) is 0 Å². The molecule has 19 heavy (non-hydrogen) atoms. The molecule has 0 amide bonds. The van der Waals surface area contributed by atoms with Gasteiger partial charge in [-0.1, -0.05) is 0 Å². The van der Waals surface area contributed by atoms with E-state index in [4.69, 9.17) is 11.5 Å². The largest absolute Gasteiger partial charge is 0.435 e. The second-order valence-electron chi connectivity index (χ2n) is 3.70. The predicted molar refractivity (Wildman–Crippen MR) is 69.4 cm³/mol. The number of anilines is 4. The molecule has 1 aromatic carbocycles. The van der Waals surface area contributed by atoms with Crippen molar-refractivity contribution in [2.45, 2.75) is 6.61 Å². The molecule has 0 bridgehead atoms. The van der Waals surface area contributed by atoms with Gasteiger partial charge in [0, 0.05) is 5.69 Å². The van der Waals surface area contributed by atoms with Crippen molar-refractivity contribution < 1.29 is 13.5 Å². The molecular formula is C12H12F2N4O.